The van der Waals surface area contributed by atoms with E-state index in [1.807, 2.05) is 24.3 Å². The molecule has 1 aromatic carbocycles. The van der Waals surface area contributed by atoms with Crippen molar-refractivity contribution < 1.29 is 0 Å². The van der Waals surface area contributed by atoms with Crippen LogP contribution in [0.4, 0.5) is 5.82 Å². The van der Waals surface area contributed by atoms with Crippen molar-refractivity contribution in [1.29, 1.82) is 0 Å². The second-order valence-corrected chi connectivity index (χ2v) is 4.49. The first-order valence-corrected chi connectivity index (χ1v) is 6.26. The molecule has 0 radical (unpaired) electrons. The predicted octanol–water partition coefficient (Wildman–Crippen LogP) is 1.92. The summed E-state index contributed by atoms with van der Waals surface area (Å²) in [5.74, 6) is 0.901. The fourth-order valence-electron chi connectivity index (χ4n) is 2.19. The van der Waals surface area contributed by atoms with Gasteiger partial charge in [-0.2, -0.15) is 0 Å². The molecule has 1 aromatic heterocycles. The van der Waals surface area contributed by atoms with Crippen LogP contribution in [0.1, 0.15) is 6.42 Å². The molecule has 0 bridgehead atoms. The molecule has 2 heterocycles. The maximum atomic E-state index is 4.32. The summed E-state index contributed by atoms with van der Waals surface area (Å²) in [7, 11) is 0. The lowest BCUT2D eigenvalue weighted by atomic mass is 10.1. The van der Waals surface area contributed by atoms with Crippen LogP contribution in [0.2, 0.25) is 0 Å². The Kier molecular flexibility index (Phi) is 3.19. The number of hydrogen-bond donors (Lipinski definition) is 2. The van der Waals surface area contributed by atoms with E-state index in [-0.39, 0.29) is 0 Å². The molecular formula is C14H16N4. The minimum atomic E-state index is 0.475. The Hall–Kier alpha value is -1.94. The first-order chi connectivity index (χ1) is 8.92. The van der Waals surface area contributed by atoms with Crippen LogP contribution >= 0.6 is 0 Å². The molecule has 0 aliphatic carbocycles. The molecule has 1 unspecified atom stereocenters. The first-order valence-electron chi connectivity index (χ1n) is 6.26. The highest BCUT2D eigenvalue weighted by atomic mass is 15.1. The van der Waals surface area contributed by atoms with Gasteiger partial charge >= 0.3 is 0 Å². The topological polar surface area (TPSA) is 49.8 Å². The van der Waals surface area contributed by atoms with Crippen LogP contribution in [0.3, 0.4) is 0 Å². The quantitative estimate of drug-likeness (QED) is 0.860. The molecule has 0 amide bonds. The molecule has 4 heteroatoms. The number of nitrogens with one attached hydrogen (secondary N) is 2. The van der Waals surface area contributed by atoms with Crippen molar-refractivity contribution in [1.82, 2.24) is 15.3 Å². The van der Waals surface area contributed by atoms with E-state index in [0.717, 1.165) is 36.6 Å². The van der Waals surface area contributed by atoms with Gasteiger partial charge in [-0.3, -0.25) is 0 Å². The summed E-state index contributed by atoms with van der Waals surface area (Å²) in [6.45, 7) is 2.08. The van der Waals surface area contributed by atoms with Gasteiger partial charge in [0.1, 0.15) is 12.1 Å². The van der Waals surface area contributed by atoms with Crippen LogP contribution < -0.4 is 10.6 Å². The van der Waals surface area contributed by atoms with Gasteiger partial charge in [0.05, 0.1) is 5.69 Å². The molecule has 1 aliphatic heterocycles. The van der Waals surface area contributed by atoms with Gasteiger partial charge in [-0.25, -0.2) is 9.97 Å². The van der Waals surface area contributed by atoms with E-state index in [1.165, 1.54) is 0 Å². The molecule has 2 N–H and O–H groups in total. The molecule has 0 saturated carbocycles. The highest BCUT2D eigenvalue weighted by Gasteiger charge is 2.14. The molecule has 2 aromatic rings. The molecule has 92 valence electrons. The fraction of sp³-hybridized carbons (Fsp3) is 0.286. The fourth-order valence-corrected chi connectivity index (χ4v) is 2.19. The Morgan fingerprint density at radius 3 is 2.83 bits per heavy atom. The summed E-state index contributed by atoms with van der Waals surface area (Å²) < 4.78 is 0. The Bertz CT molecular complexity index is 506. The largest absolute Gasteiger partial charge is 0.366 e. The van der Waals surface area contributed by atoms with Gasteiger partial charge in [-0.1, -0.05) is 30.3 Å². The van der Waals surface area contributed by atoms with Crippen molar-refractivity contribution in [2.45, 2.75) is 12.5 Å². The molecule has 18 heavy (non-hydrogen) atoms. The third-order valence-corrected chi connectivity index (χ3v) is 3.15. The van der Waals surface area contributed by atoms with Crippen LogP contribution in [-0.4, -0.2) is 29.1 Å². The third-order valence-electron chi connectivity index (χ3n) is 3.15. The van der Waals surface area contributed by atoms with Crippen molar-refractivity contribution in [2.75, 3.05) is 18.4 Å². The number of hydrogen-bond acceptors (Lipinski definition) is 4. The van der Waals surface area contributed by atoms with Crippen LogP contribution in [0.5, 0.6) is 0 Å². The van der Waals surface area contributed by atoms with Gasteiger partial charge in [0.2, 0.25) is 0 Å². The van der Waals surface area contributed by atoms with Crippen molar-refractivity contribution >= 4 is 5.82 Å². The maximum Gasteiger partial charge on any atom is 0.130 e. The highest BCUT2D eigenvalue weighted by Crippen LogP contribution is 2.18. The smallest absolute Gasteiger partial charge is 0.130 e. The van der Waals surface area contributed by atoms with Crippen LogP contribution in [-0.2, 0) is 0 Å². The van der Waals surface area contributed by atoms with E-state index >= 15 is 0 Å². The van der Waals surface area contributed by atoms with Crippen LogP contribution in [0, 0.1) is 0 Å². The Balaban J connectivity index is 1.80. The summed E-state index contributed by atoms with van der Waals surface area (Å²) in [6.07, 6.45) is 2.76. The van der Waals surface area contributed by atoms with Crippen molar-refractivity contribution in [3.05, 3.63) is 42.7 Å². The minimum Gasteiger partial charge on any atom is -0.366 e. The van der Waals surface area contributed by atoms with Crippen molar-refractivity contribution in [3.8, 4) is 11.3 Å². The zero-order valence-electron chi connectivity index (χ0n) is 10.1. The Morgan fingerprint density at radius 2 is 2.06 bits per heavy atom. The molecule has 1 aliphatic rings. The Morgan fingerprint density at radius 1 is 1.17 bits per heavy atom. The molecule has 1 atom stereocenters. The number of benzene rings is 1. The van der Waals surface area contributed by atoms with Crippen LogP contribution in [0.15, 0.2) is 42.7 Å². The summed E-state index contributed by atoms with van der Waals surface area (Å²) >= 11 is 0. The summed E-state index contributed by atoms with van der Waals surface area (Å²) in [6, 6.07) is 12.6. The van der Waals surface area contributed by atoms with Gasteiger partial charge in [-0.05, 0) is 13.0 Å². The zero-order chi connectivity index (χ0) is 12.2. The van der Waals surface area contributed by atoms with Gasteiger partial charge in [0.25, 0.3) is 0 Å². The van der Waals surface area contributed by atoms with E-state index in [4.69, 9.17) is 0 Å². The lowest BCUT2D eigenvalue weighted by molar-refractivity contribution is 0.787. The molecular weight excluding hydrogens is 224 g/mol. The lowest BCUT2D eigenvalue weighted by Crippen LogP contribution is -2.22. The second-order valence-electron chi connectivity index (χ2n) is 4.49. The number of rotatable bonds is 3. The highest BCUT2D eigenvalue weighted by molar-refractivity contribution is 5.61. The van der Waals surface area contributed by atoms with Gasteiger partial charge in [0.15, 0.2) is 0 Å². The summed E-state index contributed by atoms with van der Waals surface area (Å²) in [5, 5.41) is 6.77. The van der Waals surface area contributed by atoms with Crippen molar-refractivity contribution in [2.24, 2.45) is 0 Å². The van der Waals surface area contributed by atoms with E-state index in [1.54, 1.807) is 6.33 Å². The third kappa shape index (κ3) is 2.49. The number of anilines is 1. The summed E-state index contributed by atoms with van der Waals surface area (Å²) in [5.41, 5.74) is 2.08. The number of aromatic nitrogens is 2. The lowest BCUT2D eigenvalue weighted by Gasteiger charge is -2.12. The molecule has 0 spiro atoms. The van der Waals surface area contributed by atoms with E-state index in [2.05, 4.69) is 32.7 Å². The second kappa shape index (κ2) is 5.14. The van der Waals surface area contributed by atoms with Crippen LogP contribution in [0.25, 0.3) is 11.3 Å². The molecule has 4 nitrogen and oxygen atoms in total. The van der Waals surface area contributed by atoms with E-state index < -0.39 is 0 Å². The van der Waals surface area contributed by atoms with Gasteiger partial charge in [0, 0.05) is 24.2 Å². The molecule has 3 rings (SSSR count). The number of nitrogens with zero attached hydrogens (tertiary/aromatic N) is 2. The molecule has 1 fully saturated rings. The van der Waals surface area contributed by atoms with Crippen molar-refractivity contribution in [3.63, 3.8) is 0 Å². The molecule has 1 saturated heterocycles. The standard InChI is InChI=1S/C14H16N4/c1-2-4-11(5-3-1)13-8-14(17-10-16-13)18-12-6-7-15-9-12/h1-5,8,10,12,15H,6-7,9H2,(H,16,17,18). The minimum absolute atomic E-state index is 0.475. The first kappa shape index (κ1) is 11.2. The monoisotopic (exact) mass is 240 g/mol. The Labute approximate surface area is 106 Å². The van der Waals surface area contributed by atoms with Gasteiger partial charge in [-0.15, -0.1) is 0 Å². The zero-order valence-corrected chi connectivity index (χ0v) is 10.1. The normalized spacial score (nSPS) is 18.8. The SMILES string of the molecule is c1ccc(-c2cc(NC3CCNC3)ncn2)cc1. The predicted molar refractivity (Wildman–Crippen MR) is 72.4 cm³/mol. The van der Waals surface area contributed by atoms with E-state index in [9.17, 15) is 0 Å². The average molecular weight is 240 g/mol. The average Bonchev–Trinajstić information content (AvgIpc) is 2.93. The van der Waals surface area contributed by atoms with E-state index in [0.29, 0.717) is 6.04 Å². The maximum absolute atomic E-state index is 4.32. The van der Waals surface area contributed by atoms with Gasteiger partial charge < -0.3 is 10.6 Å². The summed E-state index contributed by atoms with van der Waals surface area (Å²) in [4.78, 5) is 8.60.